The van der Waals surface area contributed by atoms with Crippen LogP contribution < -0.4 is 5.43 Å². The van der Waals surface area contributed by atoms with E-state index in [0.717, 1.165) is 11.3 Å². The Balaban J connectivity index is 2.15. The molecular formula is C18H16N2O4. The van der Waals surface area contributed by atoms with Crippen molar-refractivity contribution in [2.24, 2.45) is 0 Å². The number of rotatable bonds is 5. The molecule has 0 aliphatic carbocycles. The molecule has 0 spiro atoms. The van der Waals surface area contributed by atoms with E-state index in [4.69, 9.17) is 0 Å². The molecule has 1 aromatic carbocycles. The molecule has 2 N–H and O–H groups in total. The molecule has 0 atom stereocenters. The molecule has 6 heteroatoms. The standard InChI is InChI=1S/C18H16N2O4/c21-8-7-20-11-15(18(23)24)17(22)14-10-12(4-5-16(14)20)9-13-3-1-2-6-19-13/h1-6,10-11,21H,7-9H2,(H,23,24). The molecule has 24 heavy (non-hydrogen) atoms. The lowest BCUT2D eigenvalue weighted by Gasteiger charge is -2.12. The van der Waals surface area contributed by atoms with Crippen LogP contribution in [0.15, 0.2) is 53.6 Å². The minimum atomic E-state index is -1.27. The monoisotopic (exact) mass is 324 g/mol. The predicted molar refractivity (Wildman–Crippen MR) is 89.3 cm³/mol. The summed E-state index contributed by atoms with van der Waals surface area (Å²) in [5.41, 5.74) is 1.52. The van der Waals surface area contributed by atoms with Crippen LogP contribution in [0, 0.1) is 0 Å². The Kier molecular flexibility index (Phi) is 4.39. The summed E-state index contributed by atoms with van der Waals surface area (Å²) in [5.74, 6) is -1.27. The molecule has 2 aromatic heterocycles. The number of carboxylic acid groups (broad SMARTS) is 1. The fourth-order valence-corrected chi connectivity index (χ4v) is 2.71. The van der Waals surface area contributed by atoms with Gasteiger partial charge in [0.25, 0.3) is 0 Å². The average Bonchev–Trinajstić information content (AvgIpc) is 2.58. The summed E-state index contributed by atoms with van der Waals surface area (Å²) in [5, 5.41) is 18.7. The zero-order chi connectivity index (χ0) is 17.1. The molecule has 0 amide bonds. The van der Waals surface area contributed by atoms with E-state index < -0.39 is 11.4 Å². The van der Waals surface area contributed by atoms with Gasteiger partial charge in [0, 0.05) is 36.4 Å². The van der Waals surface area contributed by atoms with Crippen LogP contribution in [0.2, 0.25) is 0 Å². The molecule has 0 unspecified atom stereocenters. The number of carbonyl (C=O) groups is 1. The Morgan fingerprint density at radius 2 is 2.04 bits per heavy atom. The summed E-state index contributed by atoms with van der Waals surface area (Å²) < 4.78 is 1.59. The number of hydrogen-bond donors (Lipinski definition) is 2. The van der Waals surface area contributed by atoms with Crippen LogP contribution in [0.3, 0.4) is 0 Å². The fourth-order valence-electron chi connectivity index (χ4n) is 2.71. The van der Waals surface area contributed by atoms with Crippen LogP contribution in [0.4, 0.5) is 0 Å². The van der Waals surface area contributed by atoms with Gasteiger partial charge in [-0.3, -0.25) is 9.78 Å². The van der Waals surface area contributed by atoms with Gasteiger partial charge >= 0.3 is 5.97 Å². The number of carboxylic acids is 1. The van der Waals surface area contributed by atoms with Crippen molar-refractivity contribution in [1.29, 1.82) is 0 Å². The summed E-state index contributed by atoms with van der Waals surface area (Å²) in [7, 11) is 0. The Morgan fingerprint density at radius 1 is 1.21 bits per heavy atom. The number of fused-ring (bicyclic) bond motifs is 1. The lowest BCUT2D eigenvalue weighted by molar-refractivity contribution is 0.0694. The molecule has 0 bridgehead atoms. The van der Waals surface area contributed by atoms with Crippen LogP contribution in [-0.2, 0) is 13.0 Å². The van der Waals surface area contributed by atoms with E-state index in [0.29, 0.717) is 17.3 Å². The molecule has 6 nitrogen and oxygen atoms in total. The molecule has 0 aliphatic heterocycles. The third-order valence-corrected chi connectivity index (χ3v) is 3.83. The zero-order valence-corrected chi connectivity index (χ0v) is 12.8. The number of aliphatic hydroxyl groups excluding tert-OH is 1. The number of pyridine rings is 2. The van der Waals surface area contributed by atoms with Gasteiger partial charge in [0.15, 0.2) is 0 Å². The largest absolute Gasteiger partial charge is 0.477 e. The fraction of sp³-hybridized carbons (Fsp3) is 0.167. The van der Waals surface area contributed by atoms with E-state index in [9.17, 15) is 19.8 Å². The maximum absolute atomic E-state index is 12.5. The van der Waals surface area contributed by atoms with E-state index in [1.165, 1.54) is 6.20 Å². The Labute approximate surface area is 137 Å². The molecule has 3 rings (SSSR count). The molecular weight excluding hydrogens is 308 g/mol. The molecule has 0 fully saturated rings. The molecule has 3 aromatic rings. The third-order valence-electron chi connectivity index (χ3n) is 3.83. The minimum Gasteiger partial charge on any atom is -0.477 e. The van der Waals surface area contributed by atoms with E-state index in [1.54, 1.807) is 22.9 Å². The number of nitrogens with zero attached hydrogens (tertiary/aromatic N) is 2. The van der Waals surface area contributed by atoms with Crippen molar-refractivity contribution in [2.45, 2.75) is 13.0 Å². The van der Waals surface area contributed by atoms with E-state index in [-0.39, 0.29) is 18.7 Å². The van der Waals surface area contributed by atoms with Gasteiger partial charge in [-0.25, -0.2) is 4.79 Å². The van der Waals surface area contributed by atoms with Gasteiger partial charge in [-0.1, -0.05) is 12.1 Å². The van der Waals surface area contributed by atoms with Gasteiger partial charge in [0.2, 0.25) is 5.43 Å². The molecule has 0 saturated heterocycles. The molecule has 122 valence electrons. The van der Waals surface area contributed by atoms with Crippen LogP contribution in [0.5, 0.6) is 0 Å². The van der Waals surface area contributed by atoms with Gasteiger partial charge in [-0.05, 0) is 29.8 Å². The van der Waals surface area contributed by atoms with Crippen LogP contribution in [-0.4, -0.2) is 32.3 Å². The van der Waals surface area contributed by atoms with Gasteiger partial charge in [0.1, 0.15) is 5.56 Å². The minimum absolute atomic E-state index is 0.146. The van der Waals surface area contributed by atoms with Crippen LogP contribution in [0.25, 0.3) is 10.9 Å². The van der Waals surface area contributed by atoms with Crippen molar-refractivity contribution in [1.82, 2.24) is 9.55 Å². The van der Waals surface area contributed by atoms with E-state index in [2.05, 4.69) is 4.98 Å². The first-order chi connectivity index (χ1) is 11.6. The molecule has 0 aliphatic rings. The summed E-state index contributed by atoms with van der Waals surface area (Å²) in [4.78, 5) is 28.0. The second kappa shape index (κ2) is 6.64. The van der Waals surface area contributed by atoms with Crippen molar-refractivity contribution >= 4 is 16.9 Å². The summed E-state index contributed by atoms with van der Waals surface area (Å²) >= 11 is 0. The highest BCUT2D eigenvalue weighted by Gasteiger charge is 2.15. The quantitative estimate of drug-likeness (QED) is 0.745. The van der Waals surface area contributed by atoms with Gasteiger partial charge in [0.05, 0.1) is 12.1 Å². The van der Waals surface area contributed by atoms with E-state index in [1.807, 2.05) is 24.3 Å². The second-order valence-corrected chi connectivity index (χ2v) is 5.44. The van der Waals surface area contributed by atoms with Crippen molar-refractivity contribution in [3.8, 4) is 0 Å². The second-order valence-electron chi connectivity index (χ2n) is 5.44. The third kappa shape index (κ3) is 3.04. The summed E-state index contributed by atoms with van der Waals surface area (Å²) in [6.07, 6.45) is 3.53. The van der Waals surface area contributed by atoms with Crippen LogP contribution >= 0.6 is 0 Å². The SMILES string of the molecule is O=C(O)c1cn(CCO)c2ccc(Cc3ccccn3)cc2c1=O. The van der Waals surface area contributed by atoms with Crippen molar-refractivity contribution in [3.05, 3.63) is 75.8 Å². The highest BCUT2D eigenvalue weighted by molar-refractivity contribution is 5.92. The Morgan fingerprint density at radius 3 is 2.71 bits per heavy atom. The normalized spacial score (nSPS) is 10.9. The number of aliphatic hydroxyl groups is 1. The number of aromatic carboxylic acids is 1. The Hall–Kier alpha value is -2.99. The highest BCUT2D eigenvalue weighted by atomic mass is 16.4. The summed E-state index contributed by atoms with van der Waals surface area (Å²) in [6, 6.07) is 11.0. The van der Waals surface area contributed by atoms with Gasteiger partial charge < -0.3 is 14.8 Å². The number of hydrogen-bond acceptors (Lipinski definition) is 4. The van der Waals surface area contributed by atoms with Crippen molar-refractivity contribution in [3.63, 3.8) is 0 Å². The first-order valence-electron chi connectivity index (χ1n) is 7.50. The highest BCUT2D eigenvalue weighted by Crippen LogP contribution is 2.17. The first-order valence-corrected chi connectivity index (χ1v) is 7.50. The van der Waals surface area contributed by atoms with Crippen molar-refractivity contribution in [2.75, 3.05) is 6.61 Å². The summed E-state index contributed by atoms with van der Waals surface area (Å²) in [6.45, 7) is 0.0728. The Bertz CT molecular complexity index is 948. The number of aromatic nitrogens is 2. The zero-order valence-electron chi connectivity index (χ0n) is 12.8. The van der Waals surface area contributed by atoms with E-state index >= 15 is 0 Å². The predicted octanol–water partition coefficient (Wildman–Crippen LogP) is 1.68. The topological polar surface area (TPSA) is 92.4 Å². The first kappa shape index (κ1) is 15.9. The lowest BCUT2D eigenvalue weighted by Crippen LogP contribution is -2.19. The lowest BCUT2D eigenvalue weighted by atomic mass is 10.0. The smallest absolute Gasteiger partial charge is 0.341 e. The average molecular weight is 324 g/mol. The van der Waals surface area contributed by atoms with Crippen LogP contribution in [0.1, 0.15) is 21.6 Å². The molecule has 2 heterocycles. The van der Waals surface area contributed by atoms with Gasteiger partial charge in [-0.15, -0.1) is 0 Å². The molecule has 0 radical (unpaired) electrons. The maximum atomic E-state index is 12.5. The molecule has 0 saturated carbocycles. The van der Waals surface area contributed by atoms with Crippen molar-refractivity contribution < 1.29 is 15.0 Å². The van der Waals surface area contributed by atoms with Gasteiger partial charge in [-0.2, -0.15) is 0 Å². The number of benzene rings is 1. The maximum Gasteiger partial charge on any atom is 0.341 e.